The maximum absolute atomic E-state index is 12.4. The zero-order chi connectivity index (χ0) is 15.0. The first-order valence-corrected chi connectivity index (χ1v) is 6.11. The van der Waals surface area contributed by atoms with Crippen molar-refractivity contribution in [2.75, 3.05) is 39.3 Å². The molecule has 0 aliphatic rings. The highest BCUT2D eigenvalue weighted by Gasteiger charge is 2.30. The highest BCUT2D eigenvalue weighted by Crippen LogP contribution is 2.33. The van der Waals surface area contributed by atoms with Gasteiger partial charge in [0, 0.05) is 20.3 Å². The molecule has 0 radical (unpaired) electrons. The van der Waals surface area contributed by atoms with Crippen LogP contribution in [-0.2, 0) is 15.7 Å². The quantitative estimate of drug-likeness (QED) is 0.591. The van der Waals surface area contributed by atoms with E-state index in [9.17, 15) is 13.2 Å². The lowest BCUT2D eigenvalue weighted by molar-refractivity contribution is -0.137. The fourth-order valence-corrected chi connectivity index (χ4v) is 1.47. The van der Waals surface area contributed by atoms with Crippen LogP contribution in [0.4, 0.5) is 18.9 Å². The van der Waals surface area contributed by atoms with Gasteiger partial charge in [-0.15, -0.1) is 0 Å². The number of methoxy groups -OCH3 is 1. The number of rotatable bonds is 8. The Morgan fingerprint density at radius 3 is 2.45 bits per heavy atom. The van der Waals surface area contributed by atoms with E-state index in [0.717, 1.165) is 18.6 Å². The van der Waals surface area contributed by atoms with Crippen molar-refractivity contribution in [2.24, 2.45) is 0 Å². The summed E-state index contributed by atoms with van der Waals surface area (Å²) in [5.41, 5.74) is 4.68. The van der Waals surface area contributed by atoms with E-state index in [1.807, 2.05) is 0 Å². The standard InChI is InChI=1S/C13H18F3NO3/c1-18-5-2-6-19-7-8-20-12-4-3-10(9-11(12)17)13(14,15)16/h3-4,9H,2,5-8,17H2,1H3. The summed E-state index contributed by atoms with van der Waals surface area (Å²) in [6.45, 7) is 1.72. The molecule has 1 aromatic rings. The van der Waals surface area contributed by atoms with Crippen LogP contribution in [0.1, 0.15) is 12.0 Å². The highest BCUT2D eigenvalue weighted by atomic mass is 19.4. The number of nitrogens with two attached hydrogens (primary N) is 1. The molecular weight excluding hydrogens is 275 g/mol. The first-order chi connectivity index (χ1) is 9.45. The molecule has 0 aromatic heterocycles. The number of hydrogen-bond acceptors (Lipinski definition) is 4. The second kappa shape index (κ2) is 7.96. The van der Waals surface area contributed by atoms with Gasteiger partial charge in [0.2, 0.25) is 0 Å². The Morgan fingerprint density at radius 2 is 1.85 bits per heavy atom. The van der Waals surface area contributed by atoms with Gasteiger partial charge in [-0.2, -0.15) is 13.2 Å². The minimum atomic E-state index is -4.41. The van der Waals surface area contributed by atoms with E-state index in [1.165, 1.54) is 6.07 Å². The highest BCUT2D eigenvalue weighted by molar-refractivity contribution is 5.54. The molecule has 0 saturated carbocycles. The molecular formula is C13H18F3NO3. The summed E-state index contributed by atoms with van der Waals surface area (Å²) in [7, 11) is 1.61. The third kappa shape index (κ3) is 5.66. The Bertz CT molecular complexity index is 410. The molecule has 7 heteroatoms. The van der Waals surface area contributed by atoms with Crippen LogP contribution >= 0.6 is 0 Å². The van der Waals surface area contributed by atoms with Gasteiger partial charge >= 0.3 is 6.18 Å². The fourth-order valence-electron chi connectivity index (χ4n) is 1.47. The van der Waals surface area contributed by atoms with Crippen LogP contribution in [0.5, 0.6) is 5.75 Å². The normalized spacial score (nSPS) is 11.6. The number of nitrogen functional groups attached to an aromatic ring is 1. The van der Waals surface area contributed by atoms with E-state index >= 15 is 0 Å². The lowest BCUT2D eigenvalue weighted by Gasteiger charge is -2.12. The first-order valence-electron chi connectivity index (χ1n) is 6.11. The molecule has 0 spiro atoms. The van der Waals surface area contributed by atoms with Gasteiger partial charge in [0.15, 0.2) is 0 Å². The molecule has 0 aliphatic carbocycles. The molecule has 0 atom stereocenters. The summed E-state index contributed by atoms with van der Waals surface area (Å²) in [4.78, 5) is 0. The third-order valence-corrected chi connectivity index (χ3v) is 2.46. The molecule has 0 aliphatic heterocycles. The predicted molar refractivity (Wildman–Crippen MR) is 68.7 cm³/mol. The SMILES string of the molecule is COCCCOCCOc1ccc(C(F)(F)F)cc1N. The van der Waals surface area contributed by atoms with Crippen LogP contribution in [-0.4, -0.2) is 33.5 Å². The average Bonchev–Trinajstić information content (AvgIpc) is 2.38. The van der Waals surface area contributed by atoms with Crippen LogP contribution in [0.15, 0.2) is 18.2 Å². The Labute approximate surface area is 115 Å². The number of ether oxygens (including phenoxy) is 3. The van der Waals surface area contributed by atoms with Gasteiger partial charge in [0.25, 0.3) is 0 Å². The second-order valence-electron chi connectivity index (χ2n) is 4.06. The molecule has 1 aromatic carbocycles. The molecule has 0 amide bonds. The largest absolute Gasteiger partial charge is 0.489 e. The van der Waals surface area contributed by atoms with Crippen molar-refractivity contribution in [2.45, 2.75) is 12.6 Å². The zero-order valence-electron chi connectivity index (χ0n) is 11.2. The molecule has 1 rings (SSSR count). The van der Waals surface area contributed by atoms with Gasteiger partial charge in [-0.1, -0.05) is 0 Å². The third-order valence-electron chi connectivity index (χ3n) is 2.46. The molecule has 0 heterocycles. The van der Waals surface area contributed by atoms with Crippen molar-refractivity contribution in [3.05, 3.63) is 23.8 Å². The van der Waals surface area contributed by atoms with E-state index < -0.39 is 11.7 Å². The van der Waals surface area contributed by atoms with Gasteiger partial charge in [-0.25, -0.2) is 0 Å². The summed E-state index contributed by atoms with van der Waals surface area (Å²) in [5, 5.41) is 0. The monoisotopic (exact) mass is 293 g/mol. The number of benzene rings is 1. The van der Waals surface area contributed by atoms with Crippen LogP contribution < -0.4 is 10.5 Å². The van der Waals surface area contributed by atoms with E-state index in [-0.39, 0.29) is 18.0 Å². The van der Waals surface area contributed by atoms with Gasteiger partial charge in [-0.05, 0) is 24.6 Å². The van der Waals surface area contributed by atoms with Crippen molar-refractivity contribution in [1.29, 1.82) is 0 Å². The second-order valence-corrected chi connectivity index (χ2v) is 4.06. The van der Waals surface area contributed by atoms with E-state index in [4.69, 9.17) is 19.9 Å². The molecule has 0 bridgehead atoms. The lowest BCUT2D eigenvalue weighted by Crippen LogP contribution is -2.10. The fraction of sp³-hybridized carbons (Fsp3) is 0.538. The molecule has 4 nitrogen and oxygen atoms in total. The molecule has 0 saturated heterocycles. The van der Waals surface area contributed by atoms with Crippen molar-refractivity contribution >= 4 is 5.69 Å². The van der Waals surface area contributed by atoms with Crippen LogP contribution in [0, 0.1) is 0 Å². The van der Waals surface area contributed by atoms with Crippen molar-refractivity contribution in [3.63, 3.8) is 0 Å². The van der Waals surface area contributed by atoms with Crippen molar-refractivity contribution < 1.29 is 27.4 Å². The van der Waals surface area contributed by atoms with E-state index in [1.54, 1.807) is 7.11 Å². The maximum atomic E-state index is 12.4. The Balaban J connectivity index is 2.34. The minimum Gasteiger partial charge on any atom is -0.489 e. The smallest absolute Gasteiger partial charge is 0.416 e. The summed E-state index contributed by atoms with van der Waals surface area (Å²) in [6.07, 6.45) is -3.63. The number of halogens is 3. The first kappa shape index (κ1) is 16.6. The number of anilines is 1. The maximum Gasteiger partial charge on any atom is 0.416 e. The zero-order valence-corrected chi connectivity index (χ0v) is 11.2. The summed E-state index contributed by atoms with van der Waals surface area (Å²) >= 11 is 0. The van der Waals surface area contributed by atoms with E-state index in [0.29, 0.717) is 19.8 Å². The predicted octanol–water partition coefficient (Wildman–Crippen LogP) is 2.72. The number of hydrogen-bond donors (Lipinski definition) is 1. The summed E-state index contributed by atoms with van der Waals surface area (Å²) in [6, 6.07) is 3.00. The summed E-state index contributed by atoms with van der Waals surface area (Å²) in [5.74, 6) is 0.221. The van der Waals surface area contributed by atoms with Gasteiger partial charge in [0.1, 0.15) is 12.4 Å². The topological polar surface area (TPSA) is 53.7 Å². The molecule has 114 valence electrons. The Hall–Kier alpha value is -1.47. The lowest BCUT2D eigenvalue weighted by atomic mass is 10.2. The van der Waals surface area contributed by atoms with Crippen molar-refractivity contribution in [1.82, 2.24) is 0 Å². The van der Waals surface area contributed by atoms with E-state index in [2.05, 4.69) is 0 Å². The molecule has 20 heavy (non-hydrogen) atoms. The minimum absolute atomic E-state index is 0.0424. The van der Waals surface area contributed by atoms with Gasteiger partial charge < -0.3 is 19.9 Å². The van der Waals surface area contributed by atoms with Gasteiger partial charge in [0.05, 0.1) is 17.9 Å². The van der Waals surface area contributed by atoms with Crippen molar-refractivity contribution in [3.8, 4) is 5.75 Å². The average molecular weight is 293 g/mol. The van der Waals surface area contributed by atoms with Gasteiger partial charge in [-0.3, -0.25) is 0 Å². The Morgan fingerprint density at radius 1 is 1.10 bits per heavy atom. The summed E-state index contributed by atoms with van der Waals surface area (Å²) < 4.78 is 52.6. The number of alkyl halides is 3. The molecule has 0 fully saturated rings. The van der Waals surface area contributed by atoms with Crippen LogP contribution in [0.2, 0.25) is 0 Å². The van der Waals surface area contributed by atoms with Crippen LogP contribution in [0.3, 0.4) is 0 Å². The molecule has 0 unspecified atom stereocenters. The molecule has 2 N–H and O–H groups in total. The van der Waals surface area contributed by atoms with Crippen LogP contribution in [0.25, 0.3) is 0 Å². The Kier molecular flexibility index (Phi) is 6.60.